The van der Waals surface area contributed by atoms with Gasteiger partial charge < -0.3 is 10.5 Å². The first-order chi connectivity index (χ1) is 12.5. The molecule has 2 N–H and O–H groups in total. The van der Waals surface area contributed by atoms with Gasteiger partial charge in [-0.3, -0.25) is 4.99 Å². The molecule has 0 fully saturated rings. The molecule has 0 spiro atoms. The maximum Gasteiger partial charge on any atom is 0.177 e. The Balaban J connectivity index is 2.11. The van der Waals surface area contributed by atoms with Gasteiger partial charge in [0.1, 0.15) is 17.1 Å². The van der Waals surface area contributed by atoms with Crippen LogP contribution >= 0.6 is 0 Å². The molecule has 0 bridgehead atoms. The second-order valence-corrected chi connectivity index (χ2v) is 6.89. The number of aromatic nitrogens is 2. The van der Waals surface area contributed by atoms with Crippen LogP contribution in [0.2, 0.25) is 0 Å². The zero-order valence-electron chi connectivity index (χ0n) is 15.9. The summed E-state index contributed by atoms with van der Waals surface area (Å²) in [7, 11) is 0. The van der Waals surface area contributed by atoms with Gasteiger partial charge in [0.05, 0.1) is 12.9 Å². The molecule has 1 atom stereocenters. The first-order valence-corrected chi connectivity index (χ1v) is 9.22. The Hall–Kier alpha value is -2.63. The first kappa shape index (κ1) is 18.2. The Bertz CT molecular complexity index is 835. The van der Waals surface area contributed by atoms with E-state index in [-0.39, 0.29) is 6.04 Å². The molecule has 1 aromatic heterocycles. The van der Waals surface area contributed by atoms with Crippen LogP contribution in [0.15, 0.2) is 34.3 Å². The number of amidine groups is 1. The van der Waals surface area contributed by atoms with Crippen LogP contribution in [0.5, 0.6) is 5.75 Å². The number of nitrogens with zero attached hydrogens (tertiary/aromatic N) is 4. The van der Waals surface area contributed by atoms with E-state index < -0.39 is 0 Å². The van der Waals surface area contributed by atoms with Gasteiger partial charge in [-0.15, -0.1) is 0 Å². The highest BCUT2D eigenvalue weighted by atomic mass is 16.5. The molecule has 0 saturated heterocycles. The van der Waals surface area contributed by atoms with Crippen LogP contribution in [0.1, 0.15) is 57.0 Å². The van der Waals surface area contributed by atoms with Crippen LogP contribution < -0.4 is 10.5 Å². The number of hydrogen-bond donors (Lipinski definition) is 1. The van der Waals surface area contributed by atoms with Crippen molar-refractivity contribution in [3.63, 3.8) is 0 Å². The van der Waals surface area contributed by atoms with Gasteiger partial charge in [-0.25, -0.2) is 9.67 Å². The van der Waals surface area contributed by atoms with Gasteiger partial charge in [0.25, 0.3) is 0 Å². The standard InChI is InChI=1S/C20H27N5O/c1-5-14(4)15-6-7-19-18(10-15)25-16(8-9-26-19)11-17(24-25)20(22-12-21)23-13(2)3/h6-7,10-14H,5,8-9H2,1-4H3,(H2,21,22,23). The second kappa shape index (κ2) is 7.72. The number of benzene rings is 1. The highest BCUT2D eigenvalue weighted by Gasteiger charge is 2.20. The van der Waals surface area contributed by atoms with E-state index in [0.717, 1.165) is 35.7 Å². The third-order valence-corrected chi connectivity index (χ3v) is 4.60. The molecule has 6 nitrogen and oxygen atoms in total. The summed E-state index contributed by atoms with van der Waals surface area (Å²) in [4.78, 5) is 8.76. The van der Waals surface area contributed by atoms with Crippen LogP contribution in [0.4, 0.5) is 0 Å². The topological polar surface area (TPSA) is 77.8 Å². The summed E-state index contributed by atoms with van der Waals surface area (Å²) in [6.45, 7) is 9.07. The van der Waals surface area contributed by atoms with Crippen LogP contribution in [-0.4, -0.2) is 34.6 Å². The minimum atomic E-state index is 0.114. The largest absolute Gasteiger partial charge is 0.491 e. The van der Waals surface area contributed by atoms with Gasteiger partial charge in [0.2, 0.25) is 0 Å². The Labute approximate surface area is 154 Å². The smallest absolute Gasteiger partial charge is 0.177 e. The molecular formula is C20H27N5O. The van der Waals surface area contributed by atoms with E-state index in [0.29, 0.717) is 18.4 Å². The average molecular weight is 353 g/mol. The molecule has 3 rings (SSSR count). The van der Waals surface area contributed by atoms with Crippen molar-refractivity contribution in [2.75, 3.05) is 6.61 Å². The summed E-state index contributed by atoms with van der Waals surface area (Å²) in [5, 5.41) is 4.79. The minimum Gasteiger partial charge on any atom is -0.491 e. The number of hydrogen-bond acceptors (Lipinski definition) is 3. The third-order valence-electron chi connectivity index (χ3n) is 4.60. The first-order valence-electron chi connectivity index (χ1n) is 9.22. The van der Waals surface area contributed by atoms with Crippen LogP contribution in [0.3, 0.4) is 0 Å². The van der Waals surface area contributed by atoms with Crippen molar-refractivity contribution in [1.82, 2.24) is 9.78 Å². The fraction of sp³-hybridized carbons (Fsp3) is 0.450. The predicted molar refractivity (Wildman–Crippen MR) is 106 cm³/mol. The van der Waals surface area contributed by atoms with Gasteiger partial charge in [-0.2, -0.15) is 5.10 Å². The molecule has 2 heterocycles. The molecule has 1 aromatic carbocycles. The van der Waals surface area contributed by atoms with Crippen molar-refractivity contribution in [1.29, 1.82) is 0 Å². The van der Waals surface area contributed by atoms with Crippen LogP contribution in [0.25, 0.3) is 5.69 Å². The quantitative estimate of drug-likeness (QED) is 0.675. The molecule has 26 heavy (non-hydrogen) atoms. The molecule has 1 aliphatic rings. The molecule has 138 valence electrons. The molecule has 0 aliphatic carbocycles. The number of rotatable bonds is 4. The van der Waals surface area contributed by atoms with Gasteiger partial charge in [0, 0.05) is 18.2 Å². The predicted octanol–water partition coefficient (Wildman–Crippen LogP) is 3.46. The van der Waals surface area contributed by atoms with Gasteiger partial charge >= 0.3 is 0 Å². The van der Waals surface area contributed by atoms with Crippen molar-refractivity contribution >= 4 is 12.2 Å². The van der Waals surface area contributed by atoms with Crippen LogP contribution in [-0.2, 0) is 6.42 Å². The third kappa shape index (κ3) is 3.64. The molecule has 0 saturated carbocycles. The van der Waals surface area contributed by atoms with Crippen molar-refractivity contribution in [2.24, 2.45) is 15.7 Å². The van der Waals surface area contributed by atoms with E-state index in [2.05, 4.69) is 42.0 Å². The maximum absolute atomic E-state index is 5.93. The normalized spacial score (nSPS) is 15.5. The lowest BCUT2D eigenvalue weighted by molar-refractivity contribution is 0.326. The van der Waals surface area contributed by atoms with E-state index >= 15 is 0 Å². The molecule has 1 unspecified atom stereocenters. The molecule has 2 aromatic rings. The second-order valence-electron chi connectivity index (χ2n) is 6.89. The number of aliphatic imine (C=N–C) groups is 2. The Morgan fingerprint density at radius 3 is 2.85 bits per heavy atom. The molecule has 0 amide bonds. The van der Waals surface area contributed by atoms with Crippen LogP contribution in [0, 0.1) is 0 Å². The number of nitrogens with two attached hydrogens (primary N) is 1. The lowest BCUT2D eigenvalue weighted by Gasteiger charge is -2.14. The van der Waals surface area contributed by atoms with Crippen molar-refractivity contribution in [2.45, 2.75) is 52.5 Å². The highest BCUT2D eigenvalue weighted by molar-refractivity contribution is 6.01. The summed E-state index contributed by atoms with van der Waals surface area (Å²) in [5.74, 6) is 1.90. The van der Waals surface area contributed by atoms with E-state index in [4.69, 9.17) is 15.6 Å². The lowest BCUT2D eigenvalue weighted by atomic mass is 9.98. The van der Waals surface area contributed by atoms with E-state index in [9.17, 15) is 0 Å². The van der Waals surface area contributed by atoms with Gasteiger partial charge in [-0.1, -0.05) is 19.9 Å². The van der Waals surface area contributed by atoms with E-state index in [1.54, 1.807) is 0 Å². The Morgan fingerprint density at radius 2 is 2.15 bits per heavy atom. The number of ether oxygens (including phenoxy) is 1. The fourth-order valence-electron chi connectivity index (χ4n) is 3.03. The van der Waals surface area contributed by atoms with E-state index in [1.165, 1.54) is 11.9 Å². The Morgan fingerprint density at radius 1 is 1.35 bits per heavy atom. The molecule has 1 aliphatic heterocycles. The molecule has 0 radical (unpaired) electrons. The Kier molecular flexibility index (Phi) is 5.40. The van der Waals surface area contributed by atoms with Gasteiger partial charge in [-0.05, 0) is 49.9 Å². The summed E-state index contributed by atoms with van der Waals surface area (Å²) >= 11 is 0. The highest BCUT2D eigenvalue weighted by Crippen LogP contribution is 2.31. The summed E-state index contributed by atoms with van der Waals surface area (Å²) in [6.07, 6.45) is 3.14. The zero-order chi connectivity index (χ0) is 18.7. The lowest BCUT2D eigenvalue weighted by Crippen LogP contribution is -2.07. The van der Waals surface area contributed by atoms with Crippen molar-refractivity contribution in [3.05, 3.63) is 41.2 Å². The maximum atomic E-state index is 5.93. The van der Waals surface area contributed by atoms with Crippen molar-refractivity contribution in [3.8, 4) is 11.4 Å². The monoisotopic (exact) mass is 353 g/mol. The minimum absolute atomic E-state index is 0.114. The zero-order valence-corrected chi connectivity index (χ0v) is 15.9. The SMILES string of the molecule is CCC(C)c1ccc2c(c1)-n1nc(C(N=CN)=NC(C)C)cc1CCO2. The van der Waals surface area contributed by atoms with Crippen molar-refractivity contribution < 1.29 is 4.74 Å². The molecular weight excluding hydrogens is 326 g/mol. The van der Waals surface area contributed by atoms with E-state index in [1.807, 2.05) is 24.6 Å². The average Bonchev–Trinajstić information content (AvgIpc) is 2.97. The number of fused-ring (bicyclic) bond motifs is 3. The summed E-state index contributed by atoms with van der Waals surface area (Å²) < 4.78 is 7.89. The summed E-state index contributed by atoms with van der Waals surface area (Å²) in [5.41, 5.74) is 9.59. The van der Waals surface area contributed by atoms with Gasteiger partial charge in [0.15, 0.2) is 5.84 Å². The molecule has 6 heteroatoms. The summed E-state index contributed by atoms with van der Waals surface area (Å²) in [6, 6.07) is 8.52. The fourth-order valence-corrected chi connectivity index (χ4v) is 3.03.